The number of rotatable bonds is 3. The highest BCUT2D eigenvalue weighted by molar-refractivity contribution is 6.12. The van der Waals surface area contributed by atoms with Crippen LogP contribution in [0.1, 0.15) is 0 Å². The van der Waals surface area contributed by atoms with Crippen LogP contribution in [0.4, 0.5) is 0 Å². The summed E-state index contributed by atoms with van der Waals surface area (Å²) in [7, 11) is 2.73. The van der Waals surface area contributed by atoms with Crippen LogP contribution in [0, 0.1) is 11.8 Å². The lowest BCUT2D eigenvalue weighted by Crippen LogP contribution is -2.51. The van der Waals surface area contributed by atoms with Gasteiger partial charge in [0.05, 0.1) is 20.8 Å². The topological polar surface area (TPSA) is 60.7 Å². The number of aromatic nitrogens is 1. The Bertz CT molecular complexity index is 1080. The zero-order valence-electron chi connectivity index (χ0n) is 14.4. The van der Waals surface area contributed by atoms with Gasteiger partial charge < -0.3 is 19.1 Å². The van der Waals surface area contributed by atoms with E-state index in [9.17, 15) is 9.90 Å². The molecule has 0 radical (unpaired) electrons. The molecule has 0 saturated heterocycles. The molecule has 0 spiro atoms. The van der Waals surface area contributed by atoms with Crippen molar-refractivity contribution < 1.29 is 19.4 Å². The molecule has 4 rings (SSSR count). The number of ketones is 1. The van der Waals surface area contributed by atoms with E-state index in [1.165, 1.54) is 14.2 Å². The van der Waals surface area contributed by atoms with Crippen molar-refractivity contribution in [3.63, 3.8) is 0 Å². The van der Waals surface area contributed by atoms with Gasteiger partial charge in [-0.1, -0.05) is 42.3 Å². The Kier molecular flexibility index (Phi) is 3.71. The van der Waals surface area contributed by atoms with Gasteiger partial charge in [0.2, 0.25) is 5.76 Å². The lowest BCUT2D eigenvalue weighted by atomic mass is 9.83. The Hall–Kier alpha value is -3.23. The molecule has 1 aromatic heterocycles. The smallest absolute Gasteiger partial charge is 0.254 e. The fourth-order valence-electron chi connectivity index (χ4n) is 3.43. The van der Waals surface area contributed by atoms with Crippen LogP contribution in [0.25, 0.3) is 21.8 Å². The number of benzene rings is 2. The van der Waals surface area contributed by atoms with Crippen molar-refractivity contribution in [2.45, 2.75) is 12.1 Å². The number of Topliss-reactive ketones (excluding diaryl/α,β-unsaturated/α-hetero) is 1. The molecule has 0 bridgehead atoms. The molecule has 0 fully saturated rings. The number of carbonyl (C=O) groups excluding carboxylic acids is 1. The van der Waals surface area contributed by atoms with Crippen molar-refractivity contribution >= 4 is 27.6 Å². The quantitative estimate of drug-likeness (QED) is 0.740. The Morgan fingerprint density at radius 2 is 1.58 bits per heavy atom. The summed E-state index contributed by atoms with van der Waals surface area (Å²) in [4.78, 5) is 12.1. The van der Waals surface area contributed by atoms with Crippen LogP contribution in [0.2, 0.25) is 0 Å². The van der Waals surface area contributed by atoms with Gasteiger partial charge in [-0.3, -0.25) is 4.79 Å². The summed E-state index contributed by atoms with van der Waals surface area (Å²) in [5, 5.41) is 12.8. The van der Waals surface area contributed by atoms with E-state index in [4.69, 9.17) is 9.47 Å². The first-order chi connectivity index (χ1) is 12.6. The average molecular weight is 347 g/mol. The predicted octanol–water partition coefficient (Wildman–Crippen LogP) is 2.62. The summed E-state index contributed by atoms with van der Waals surface area (Å²) < 4.78 is 12.1. The monoisotopic (exact) mass is 347 g/mol. The Labute approximate surface area is 150 Å². The van der Waals surface area contributed by atoms with Gasteiger partial charge in [-0.05, 0) is 18.1 Å². The second-order valence-corrected chi connectivity index (χ2v) is 6.03. The molecule has 26 heavy (non-hydrogen) atoms. The van der Waals surface area contributed by atoms with Gasteiger partial charge >= 0.3 is 0 Å². The van der Waals surface area contributed by atoms with Gasteiger partial charge in [-0.25, -0.2) is 0 Å². The molecule has 5 heteroatoms. The molecule has 130 valence electrons. The number of fused-ring (bicyclic) bond motifs is 3. The molecule has 1 atom stereocenters. The van der Waals surface area contributed by atoms with E-state index in [0.29, 0.717) is 6.54 Å². The summed E-state index contributed by atoms with van der Waals surface area (Å²) in [5.41, 5.74) is 0.170. The third-order valence-electron chi connectivity index (χ3n) is 4.66. The van der Waals surface area contributed by atoms with Crippen molar-refractivity contribution in [3.8, 4) is 11.8 Å². The van der Waals surface area contributed by atoms with Crippen LogP contribution in [0.15, 0.2) is 60.0 Å². The molecule has 1 heterocycles. The molecule has 3 aromatic rings. The van der Waals surface area contributed by atoms with Crippen molar-refractivity contribution in [1.82, 2.24) is 4.57 Å². The van der Waals surface area contributed by atoms with Crippen molar-refractivity contribution in [2.75, 3.05) is 14.2 Å². The molecule has 1 aliphatic carbocycles. The van der Waals surface area contributed by atoms with Gasteiger partial charge in [0.15, 0.2) is 5.76 Å². The number of nitrogens with zero attached hydrogens (tertiary/aromatic N) is 1. The van der Waals surface area contributed by atoms with Crippen LogP contribution >= 0.6 is 0 Å². The van der Waals surface area contributed by atoms with Gasteiger partial charge in [0.25, 0.3) is 11.4 Å². The number of hydrogen-bond donors (Lipinski definition) is 1. The fraction of sp³-hybridized carbons (Fsp3) is 0.190. The number of aliphatic hydroxyl groups is 1. The van der Waals surface area contributed by atoms with Gasteiger partial charge in [-0.2, -0.15) is 0 Å². The van der Waals surface area contributed by atoms with E-state index < -0.39 is 11.4 Å². The lowest BCUT2D eigenvalue weighted by Gasteiger charge is -2.32. The summed E-state index contributed by atoms with van der Waals surface area (Å²) in [6.07, 6.45) is 0. The third-order valence-corrected chi connectivity index (χ3v) is 4.66. The first-order valence-corrected chi connectivity index (χ1v) is 8.17. The van der Waals surface area contributed by atoms with E-state index in [1.54, 1.807) is 0 Å². The number of para-hydroxylation sites is 2. The second kappa shape index (κ2) is 5.94. The van der Waals surface area contributed by atoms with Gasteiger partial charge in [0, 0.05) is 21.8 Å². The highest BCUT2D eigenvalue weighted by atomic mass is 16.5. The second-order valence-electron chi connectivity index (χ2n) is 6.03. The SMILES string of the molecule is COC1=C(OC)C(O)(C#CCn2c3ccccc3c3ccccc32)C1=O. The van der Waals surface area contributed by atoms with Crippen molar-refractivity contribution in [1.29, 1.82) is 0 Å². The Morgan fingerprint density at radius 1 is 1.00 bits per heavy atom. The van der Waals surface area contributed by atoms with E-state index in [1.807, 2.05) is 36.4 Å². The minimum Gasteiger partial charge on any atom is -0.493 e. The Morgan fingerprint density at radius 3 is 2.12 bits per heavy atom. The van der Waals surface area contributed by atoms with E-state index in [0.717, 1.165) is 21.8 Å². The van der Waals surface area contributed by atoms with Gasteiger partial charge in [-0.15, -0.1) is 0 Å². The summed E-state index contributed by atoms with van der Waals surface area (Å²) >= 11 is 0. The standard InChI is InChI=1S/C21H17NO4/c1-25-18-19(23)21(24,20(18)26-2)12-7-13-22-16-10-5-3-8-14(16)15-9-4-6-11-17(15)22/h3-6,8-11,24H,13H2,1-2H3. The van der Waals surface area contributed by atoms with E-state index in [2.05, 4.69) is 28.5 Å². The average Bonchev–Trinajstić information content (AvgIpc) is 2.99. The molecule has 1 N–H and O–H groups in total. The highest BCUT2D eigenvalue weighted by Gasteiger charge is 2.55. The minimum absolute atomic E-state index is 0.0150. The molecule has 1 aliphatic rings. The largest absolute Gasteiger partial charge is 0.493 e. The maximum atomic E-state index is 12.1. The van der Waals surface area contributed by atoms with Crippen molar-refractivity contribution in [2.24, 2.45) is 0 Å². The Balaban J connectivity index is 1.75. The molecular formula is C21H17NO4. The van der Waals surface area contributed by atoms with Crippen LogP contribution < -0.4 is 0 Å². The maximum Gasteiger partial charge on any atom is 0.254 e. The fourth-order valence-corrected chi connectivity index (χ4v) is 3.43. The molecule has 5 nitrogen and oxygen atoms in total. The zero-order chi connectivity index (χ0) is 18.3. The van der Waals surface area contributed by atoms with Crippen LogP contribution in [0.5, 0.6) is 0 Å². The number of carbonyl (C=O) groups is 1. The summed E-state index contributed by atoms with van der Waals surface area (Å²) in [5.74, 6) is 5.07. The predicted molar refractivity (Wildman–Crippen MR) is 98.2 cm³/mol. The van der Waals surface area contributed by atoms with E-state index in [-0.39, 0.29) is 11.5 Å². The third kappa shape index (κ3) is 2.13. The first kappa shape index (κ1) is 16.2. The molecule has 2 aromatic carbocycles. The maximum absolute atomic E-state index is 12.1. The molecule has 0 aliphatic heterocycles. The van der Waals surface area contributed by atoms with Crippen LogP contribution in [-0.4, -0.2) is 35.3 Å². The number of hydrogen-bond acceptors (Lipinski definition) is 4. The molecule has 1 unspecified atom stereocenters. The molecule has 0 saturated carbocycles. The minimum atomic E-state index is -1.93. The summed E-state index contributed by atoms with van der Waals surface area (Å²) in [6, 6.07) is 16.2. The van der Waals surface area contributed by atoms with Gasteiger partial charge in [0.1, 0.15) is 0 Å². The zero-order valence-corrected chi connectivity index (χ0v) is 14.4. The van der Waals surface area contributed by atoms with Crippen LogP contribution in [0.3, 0.4) is 0 Å². The summed E-state index contributed by atoms with van der Waals surface area (Å²) in [6.45, 7) is 0.336. The highest BCUT2D eigenvalue weighted by Crippen LogP contribution is 2.35. The molecular weight excluding hydrogens is 330 g/mol. The number of methoxy groups -OCH3 is 2. The molecule has 0 amide bonds. The normalized spacial score (nSPS) is 19.3. The lowest BCUT2D eigenvalue weighted by molar-refractivity contribution is -0.138. The number of ether oxygens (including phenoxy) is 2. The first-order valence-electron chi connectivity index (χ1n) is 8.17. The van der Waals surface area contributed by atoms with Crippen molar-refractivity contribution in [3.05, 3.63) is 60.0 Å². The van der Waals surface area contributed by atoms with E-state index >= 15 is 0 Å². The van der Waals surface area contributed by atoms with Crippen LogP contribution in [-0.2, 0) is 20.8 Å².